The maximum Gasteiger partial charge on any atom is 0.451 e. The van der Waals surface area contributed by atoms with Crippen molar-refractivity contribution in [3.05, 3.63) is 29.8 Å². The minimum atomic E-state index is -2.01. The van der Waals surface area contributed by atoms with Crippen LogP contribution in [0.4, 0.5) is 10.5 Å². The Hall–Kier alpha value is -1.73. The normalized spacial score (nSPS) is 11.8. The highest BCUT2D eigenvalue weighted by atomic mass is 32.2. The average molecular weight is 227 g/mol. The van der Waals surface area contributed by atoms with Gasteiger partial charge < -0.3 is 16.0 Å². The van der Waals surface area contributed by atoms with Crippen LogP contribution in [0.3, 0.4) is 0 Å². The number of primary amides is 2. The summed E-state index contributed by atoms with van der Waals surface area (Å²) in [6, 6.07) is 5.96. The van der Waals surface area contributed by atoms with E-state index in [0.717, 1.165) is 0 Å². The highest BCUT2D eigenvalue weighted by Crippen LogP contribution is 2.11. The molecule has 15 heavy (non-hydrogen) atoms. The van der Waals surface area contributed by atoms with Crippen molar-refractivity contribution in [1.29, 1.82) is 0 Å². The Morgan fingerprint density at radius 1 is 1.33 bits per heavy atom. The van der Waals surface area contributed by atoms with Crippen molar-refractivity contribution in [2.45, 2.75) is 0 Å². The van der Waals surface area contributed by atoms with Crippen molar-refractivity contribution in [1.82, 2.24) is 0 Å². The van der Waals surface area contributed by atoms with Crippen LogP contribution in [-0.4, -0.2) is 15.7 Å². The minimum absolute atomic E-state index is 0.251. The molecule has 0 aliphatic rings. The molecule has 5 N–H and O–H groups in total. The molecule has 1 rings (SSSR count). The number of hydrogen-bond donors (Lipinski definition) is 3. The fourth-order valence-electron chi connectivity index (χ4n) is 0.893. The van der Waals surface area contributed by atoms with E-state index in [2.05, 4.69) is 4.72 Å². The van der Waals surface area contributed by atoms with Gasteiger partial charge in [0.05, 0.1) is 5.69 Å². The predicted octanol–water partition coefficient (Wildman–Crippen LogP) is -0.0602. The van der Waals surface area contributed by atoms with E-state index in [4.69, 9.17) is 11.5 Å². The van der Waals surface area contributed by atoms with Gasteiger partial charge in [0.1, 0.15) is 0 Å². The van der Waals surface area contributed by atoms with E-state index in [1.807, 2.05) is 0 Å². The van der Waals surface area contributed by atoms with Gasteiger partial charge in [-0.2, -0.15) is 4.72 Å². The molecule has 0 saturated heterocycles. The smallest absolute Gasteiger partial charge is 0.451 e. The monoisotopic (exact) mass is 227 g/mol. The van der Waals surface area contributed by atoms with Crippen molar-refractivity contribution in [3.63, 3.8) is 0 Å². The number of nitrogens with one attached hydrogen (secondary N) is 1. The highest BCUT2D eigenvalue weighted by molar-refractivity contribution is 8.07. The standard InChI is InChI=1S/C8H9N3O3S/c9-7(12)5-2-1-3-6(4-5)11-15(14)8(10)13/h1-4,11H,(H2,9,12)(H2,10,13). The molecule has 7 heteroatoms. The quantitative estimate of drug-likeness (QED) is 0.626. The lowest BCUT2D eigenvalue weighted by molar-refractivity contribution is 0.100. The van der Waals surface area contributed by atoms with E-state index in [0.29, 0.717) is 5.69 Å². The Labute approximate surface area is 88.9 Å². The van der Waals surface area contributed by atoms with Gasteiger partial charge in [0.25, 0.3) is 0 Å². The molecular formula is C8H9N3O3S. The third kappa shape index (κ3) is 3.15. The van der Waals surface area contributed by atoms with Gasteiger partial charge in [-0.05, 0) is 18.2 Å². The fourth-order valence-corrected chi connectivity index (χ4v) is 1.33. The van der Waals surface area contributed by atoms with Crippen molar-refractivity contribution >= 4 is 28.2 Å². The summed E-state index contributed by atoms with van der Waals surface area (Å²) in [5.41, 5.74) is 10.4. The fraction of sp³-hybridized carbons (Fsp3) is 0. The first-order valence-electron chi connectivity index (χ1n) is 3.88. The number of anilines is 1. The first-order chi connectivity index (χ1) is 7.00. The largest absolute Gasteiger partial charge is 0.584 e. The van der Waals surface area contributed by atoms with E-state index in [1.165, 1.54) is 18.2 Å². The second kappa shape index (κ2) is 4.67. The van der Waals surface area contributed by atoms with Gasteiger partial charge in [0.2, 0.25) is 5.91 Å². The maximum atomic E-state index is 11.0. The molecule has 0 heterocycles. The van der Waals surface area contributed by atoms with Crippen LogP contribution in [0.5, 0.6) is 0 Å². The van der Waals surface area contributed by atoms with Crippen LogP contribution in [0.15, 0.2) is 24.3 Å². The molecule has 0 aromatic heterocycles. The van der Waals surface area contributed by atoms with Gasteiger partial charge in [0, 0.05) is 5.56 Å². The Bertz CT molecular complexity index is 396. The number of carbonyl (C=O) groups is 2. The van der Waals surface area contributed by atoms with Gasteiger partial charge in [0.15, 0.2) is 11.4 Å². The van der Waals surface area contributed by atoms with E-state index in [9.17, 15) is 14.1 Å². The predicted molar refractivity (Wildman–Crippen MR) is 56.3 cm³/mol. The lowest BCUT2D eigenvalue weighted by Crippen LogP contribution is -2.28. The van der Waals surface area contributed by atoms with Crippen LogP contribution in [-0.2, 0) is 11.4 Å². The van der Waals surface area contributed by atoms with Crippen molar-refractivity contribution in [2.75, 3.05) is 4.72 Å². The van der Waals surface area contributed by atoms with Crippen molar-refractivity contribution in [2.24, 2.45) is 11.5 Å². The zero-order valence-corrected chi connectivity index (χ0v) is 8.41. The molecule has 0 fully saturated rings. The van der Waals surface area contributed by atoms with Gasteiger partial charge >= 0.3 is 5.24 Å². The molecule has 0 aliphatic carbocycles. The Morgan fingerprint density at radius 2 is 2.00 bits per heavy atom. The summed E-state index contributed by atoms with van der Waals surface area (Å²) in [6.45, 7) is 0. The number of hydrogen-bond acceptors (Lipinski definition) is 4. The van der Waals surface area contributed by atoms with E-state index in [1.54, 1.807) is 6.07 Å². The maximum absolute atomic E-state index is 11.0. The molecule has 1 aromatic carbocycles. The summed E-state index contributed by atoms with van der Waals surface area (Å²) in [5.74, 6) is -0.608. The number of benzene rings is 1. The third-order valence-electron chi connectivity index (χ3n) is 1.54. The van der Waals surface area contributed by atoms with Crippen LogP contribution >= 0.6 is 0 Å². The molecule has 80 valence electrons. The Kier molecular flexibility index (Phi) is 3.53. The zero-order chi connectivity index (χ0) is 11.4. The van der Waals surface area contributed by atoms with E-state index >= 15 is 0 Å². The van der Waals surface area contributed by atoms with Crippen molar-refractivity contribution in [3.8, 4) is 0 Å². The van der Waals surface area contributed by atoms with Crippen LogP contribution in [0.1, 0.15) is 10.4 Å². The van der Waals surface area contributed by atoms with Crippen LogP contribution in [0.25, 0.3) is 0 Å². The van der Waals surface area contributed by atoms with Gasteiger partial charge in [-0.25, -0.2) is 4.79 Å². The lowest BCUT2D eigenvalue weighted by Gasteiger charge is -2.07. The second-order valence-electron chi connectivity index (χ2n) is 2.63. The second-order valence-corrected chi connectivity index (χ2v) is 3.78. The first-order valence-corrected chi connectivity index (χ1v) is 5.03. The number of nitrogens with two attached hydrogens (primary N) is 2. The lowest BCUT2D eigenvalue weighted by atomic mass is 10.2. The SMILES string of the molecule is NC(=O)c1cccc(N[S+]([O-])C(N)=O)c1. The Morgan fingerprint density at radius 3 is 2.53 bits per heavy atom. The molecule has 0 radical (unpaired) electrons. The number of carbonyl (C=O) groups excluding carboxylic acids is 2. The van der Waals surface area contributed by atoms with Crippen LogP contribution in [0.2, 0.25) is 0 Å². The Balaban J connectivity index is 2.82. The summed E-state index contributed by atoms with van der Waals surface area (Å²) >= 11 is -2.01. The molecule has 6 nitrogen and oxygen atoms in total. The number of amides is 2. The third-order valence-corrected chi connectivity index (χ3v) is 2.33. The van der Waals surface area contributed by atoms with Crippen molar-refractivity contribution < 1.29 is 14.1 Å². The molecule has 1 aromatic rings. The van der Waals surface area contributed by atoms with Crippen LogP contribution in [0, 0.1) is 0 Å². The summed E-state index contributed by atoms with van der Waals surface area (Å²) in [6.07, 6.45) is 0. The van der Waals surface area contributed by atoms with Crippen LogP contribution < -0.4 is 16.2 Å². The molecule has 0 aliphatic heterocycles. The molecular weight excluding hydrogens is 218 g/mol. The minimum Gasteiger partial charge on any atom is -0.584 e. The molecule has 1 atom stereocenters. The molecule has 0 spiro atoms. The molecule has 1 unspecified atom stereocenters. The summed E-state index contributed by atoms with van der Waals surface area (Å²) in [7, 11) is 0. The number of rotatable bonds is 3. The van der Waals surface area contributed by atoms with Gasteiger partial charge in [-0.15, -0.1) is 0 Å². The highest BCUT2D eigenvalue weighted by Gasteiger charge is 2.15. The topological polar surface area (TPSA) is 121 Å². The van der Waals surface area contributed by atoms with E-state index in [-0.39, 0.29) is 5.56 Å². The van der Waals surface area contributed by atoms with E-state index < -0.39 is 22.5 Å². The molecule has 0 saturated carbocycles. The van der Waals surface area contributed by atoms with Gasteiger partial charge in [-0.3, -0.25) is 4.79 Å². The van der Waals surface area contributed by atoms with Gasteiger partial charge in [-0.1, -0.05) is 6.07 Å². The summed E-state index contributed by atoms with van der Waals surface area (Å²) in [4.78, 5) is 21.3. The summed E-state index contributed by atoms with van der Waals surface area (Å²) < 4.78 is 13.3. The first kappa shape index (κ1) is 11.3. The average Bonchev–Trinajstić information content (AvgIpc) is 2.18. The summed E-state index contributed by atoms with van der Waals surface area (Å²) in [5, 5.41) is -0.987. The molecule has 2 amide bonds. The zero-order valence-electron chi connectivity index (χ0n) is 7.60. The molecule has 0 bridgehead atoms.